The number of benzene rings is 2. The van der Waals surface area contributed by atoms with Gasteiger partial charge in [0.25, 0.3) is 0 Å². The van der Waals surface area contributed by atoms with Crippen LogP contribution in [0.1, 0.15) is 18.5 Å². The quantitative estimate of drug-likeness (QED) is 0.819. The Morgan fingerprint density at radius 1 is 1.11 bits per heavy atom. The summed E-state index contributed by atoms with van der Waals surface area (Å²) in [6.07, 6.45) is 0. The van der Waals surface area contributed by atoms with Gasteiger partial charge in [-0.1, -0.05) is 18.2 Å². The molecule has 2 aromatic rings. The topological polar surface area (TPSA) is 21.3 Å². The Kier molecular flexibility index (Phi) is 4.47. The van der Waals surface area contributed by atoms with Crippen LogP contribution in [0.25, 0.3) is 0 Å². The van der Waals surface area contributed by atoms with Crippen molar-refractivity contribution in [2.75, 3.05) is 12.4 Å². The van der Waals surface area contributed by atoms with Crippen LogP contribution in [0.15, 0.2) is 48.5 Å². The normalized spacial score (nSPS) is 11.9. The highest BCUT2D eigenvalue weighted by Gasteiger charge is 2.05. The minimum Gasteiger partial charge on any atom is -0.497 e. The van der Waals surface area contributed by atoms with Gasteiger partial charge in [-0.15, -0.1) is 0 Å². The molecule has 2 nitrogen and oxygen atoms in total. The molecule has 0 bridgehead atoms. The Morgan fingerprint density at radius 2 is 1.83 bits per heavy atom. The Labute approximate surface area is 122 Å². The molecule has 0 saturated carbocycles. The van der Waals surface area contributed by atoms with Crippen LogP contribution in [-0.2, 0) is 0 Å². The monoisotopic (exact) mass is 353 g/mol. The Balaban J connectivity index is 2.09. The van der Waals surface area contributed by atoms with Crippen LogP contribution in [-0.4, -0.2) is 7.11 Å². The highest BCUT2D eigenvalue weighted by atomic mass is 127. The van der Waals surface area contributed by atoms with Gasteiger partial charge in [-0.05, 0) is 65.4 Å². The van der Waals surface area contributed by atoms with Gasteiger partial charge in [0, 0.05) is 15.3 Å². The molecule has 0 heterocycles. The molecule has 1 N–H and O–H groups in total. The van der Waals surface area contributed by atoms with Gasteiger partial charge < -0.3 is 10.1 Å². The van der Waals surface area contributed by atoms with Gasteiger partial charge in [0.15, 0.2) is 0 Å². The summed E-state index contributed by atoms with van der Waals surface area (Å²) in [7, 11) is 1.68. The molecule has 0 aliphatic heterocycles. The van der Waals surface area contributed by atoms with Gasteiger partial charge in [-0.2, -0.15) is 0 Å². The summed E-state index contributed by atoms with van der Waals surface area (Å²) in [6.45, 7) is 2.15. The van der Waals surface area contributed by atoms with Crippen molar-refractivity contribution in [3.63, 3.8) is 0 Å². The molecular weight excluding hydrogens is 337 g/mol. The highest BCUT2D eigenvalue weighted by molar-refractivity contribution is 14.1. The van der Waals surface area contributed by atoms with Crippen LogP contribution >= 0.6 is 22.6 Å². The third-order valence-corrected chi connectivity index (χ3v) is 3.49. The van der Waals surface area contributed by atoms with E-state index in [1.54, 1.807) is 7.11 Å². The van der Waals surface area contributed by atoms with Gasteiger partial charge >= 0.3 is 0 Å². The Bertz CT molecular complexity index is 510. The number of anilines is 1. The first-order valence-electron chi connectivity index (χ1n) is 5.85. The number of nitrogens with one attached hydrogen (secondary N) is 1. The van der Waals surface area contributed by atoms with Crippen molar-refractivity contribution in [1.29, 1.82) is 0 Å². The summed E-state index contributed by atoms with van der Waals surface area (Å²) in [6, 6.07) is 16.8. The van der Waals surface area contributed by atoms with Gasteiger partial charge in [0.1, 0.15) is 5.75 Å². The second kappa shape index (κ2) is 6.09. The fourth-order valence-corrected chi connectivity index (χ4v) is 2.35. The molecule has 0 spiro atoms. The summed E-state index contributed by atoms with van der Waals surface area (Å²) in [4.78, 5) is 0. The predicted molar refractivity (Wildman–Crippen MR) is 84.2 cm³/mol. The SMILES string of the molecule is COc1ccc(C(C)Nc2cccc(I)c2)cc1. The van der Waals surface area contributed by atoms with Gasteiger partial charge in [0.2, 0.25) is 0 Å². The number of hydrogen-bond acceptors (Lipinski definition) is 2. The van der Waals surface area contributed by atoms with Crippen molar-refractivity contribution in [2.45, 2.75) is 13.0 Å². The average Bonchev–Trinajstić information content (AvgIpc) is 2.39. The predicted octanol–water partition coefficient (Wildman–Crippen LogP) is 4.47. The first-order chi connectivity index (χ1) is 8.69. The summed E-state index contributed by atoms with van der Waals surface area (Å²) in [5, 5.41) is 3.49. The first kappa shape index (κ1) is 13.2. The van der Waals surface area contributed by atoms with E-state index in [-0.39, 0.29) is 6.04 Å². The van der Waals surface area contributed by atoms with Crippen LogP contribution in [0.3, 0.4) is 0 Å². The fraction of sp³-hybridized carbons (Fsp3) is 0.200. The van der Waals surface area contributed by atoms with E-state index in [0.29, 0.717) is 0 Å². The number of hydrogen-bond donors (Lipinski definition) is 1. The molecule has 3 heteroatoms. The average molecular weight is 353 g/mol. The minimum absolute atomic E-state index is 0.272. The van der Waals surface area contributed by atoms with E-state index in [2.05, 4.69) is 71.2 Å². The van der Waals surface area contributed by atoms with Gasteiger partial charge in [-0.25, -0.2) is 0 Å². The van der Waals surface area contributed by atoms with E-state index in [9.17, 15) is 0 Å². The molecule has 0 fully saturated rings. The lowest BCUT2D eigenvalue weighted by Gasteiger charge is -2.16. The lowest BCUT2D eigenvalue weighted by atomic mass is 10.1. The maximum atomic E-state index is 5.16. The van der Waals surface area contributed by atoms with Crippen molar-refractivity contribution in [2.24, 2.45) is 0 Å². The van der Waals surface area contributed by atoms with E-state index in [0.717, 1.165) is 11.4 Å². The second-order valence-corrected chi connectivity index (χ2v) is 5.40. The second-order valence-electron chi connectivity index (χ2n) is 4.15. The molecular formula is C15H16INO. The standard InChI is InChI=1S/C15H16INO/c1-11(12-6-8-15(18-2)9-7-12)17-14-5-3-4-13(16)10-14/h3-11,17H,1-2H3. The number of methoxy groups -OCH3 is 1. The Hall–Kier alpha value is -1.23. The first-order valence-corrected chi connectivity index (χ1v) is 6.93. The molecule has 0 saturated heterocycles. The lowest BCUT2D eigenvalue weighted by Crippen LogP contribution is -2.06. The molecule has 18 heavy (non-hydrogen) atoms. The smallest absolute Gasteiger partial charge is 0.118 e. The third kappa shape index (κ3) is 3.38. The zero-order valence-corrected chi connectivity index (χ0v) is 12.6. The summed E-state index contributed by atoms with van der Waals surface area (Å²) < 4.78 is 6.40. The number of ether oxygens (including phenoxy) is 1. The minimum atomic E-state index is 0.272. The van der Waals surface area contributed by atoms with Crippen molar-refractivity contribution in [3.8, 4) is 5.75 Å². The van der Waals surface area contributed by atoms with Crippen LogP contribution in [0.2, 0.25) is 0 Å². The molecule has 1 atom stereocenters. The summed E-state index contributed by atoms with van der Waals surface area (Å²) in [5.74, 6) is 0.889. The molecule has 2 aromatic carbocycles. The van der Waals surface area contributed by atoms with E-state index in [1.807, 2.05) is 12.1 Å². The van der Waals surface area contributed by atoms with Crippen molar-refractivity contribution >= 4 is 28.3 Å². The maximum Gasteiger partial charge on any atom is 0.118 e. The summed E-state index contributed by atoms with van der Waals surface area (Å²) in [5.41, 5.74) is 2.39. The molecule has 94 valence electrons. The van der Waals surface area contributed by atoms with E-state index in [4.69, 9.17) is 4.74 Å². The molecule has 0 amide bonds. The lowest BCUT2D eigenvalue weighted by molar-refractivity contribution is 0.414. The Morgan fingerprint density at radius 3 is 2.44 bits per heavy atom. The third-order valence-electron chi connectivity index (χ3n) is 2.82. The van der Waals surface area contributed by atoms with Crippen LogP contribution in [0, 0.1) is 3.57 Å². The molecule has 0 radical (unpaired) electrons. The van der Waals surface area contributed by atoms with Crippen LogP contribution in [0.4, 0.5) is 5.69 Å². The van der Waals surface area contributed by atoms with Crippen LogP contribution < -0.4 is 10.1 Å². The maximum absolute atomic E-state index is 5.16. The molecule has 1 unspecified atom stereocenters. The van der Waals surface area contributed by atoms with E-state index in [1.165, 1.54) is 9.13 Å². The number of halogens is 1. The summed E-state index contributed by atoms with van der Waals surface area (Å²) >= 11 is 2.32. The van der Waals surface area contributed by atoms with Gasteiger partial charge in [-0.3, -0.25) is 0 Å². The zero-order chi connectivity index (χ0) is 13.0. The van der Waals surface area contributed by atoms with Crippen LogP contribution in [0.5, 0.6) is 5.75 Å². The highest BCUT2D eigenvalue weighted by Crippen LogP contribution is 2.22. The zero-order valence-electron chi connectivity index (χ0n) is 10.5. The van der Waals surface area contributed by atoms with E-state index >= 15 is 0 Å². The molecule has 2 rings (SSSR count). The largest absolute Gasteiger partial charge is 0.497 e. The van der Waals surface area contributed by atoms with Crippen molar-refractivity contribution in [3.05, 3.63) is 57.7 Å². The van der Waals surface area contributed by atoms with E-state index < -0.39 is 0 Å². The fourth-order valence-electron chi connectivity index (χ4n) is 1.80. The molecule has 0 aliphatic rings. The molecule has 0 aromatic heterocycles. The molecule has 0 aliphatic carbocycles. The van der Waals surface area contributed by atoms with Gasteiger partial charge in [0.05, 0.1) is 7.11 Å². The number of rotatable bonds is 4. The van der Waals surface area contributed by atoms with Crippen molar-refractivity contribution in [1.82, 2.24) is 0 Å². The van der Waals surface area contributed by atoms with Crippen molar-refractivity contribution < 1.29 is 4.74 Å².